The summed E-state index contributed by atoms with van der Waals surface area (Å²) in [6.07, 6.45) is 0. The molecule has 0 aliphatic rings. The van der Waals surface area contributed by atoms with Gasteiger partial charge < -0.3 is 15.4 Å². The van der Waals surface area contributed by atoms with Crippen LogP contribution in [0.1, 0.15) is 22.8 Å². The van der Waals surface area contributed by atoms with Crippen molar-refractivity contribution < 1.29 is 14.3 Å². The van der Waals surface area contributed by atoms with Gasteiger partial charge in [0.15, 0.2) is 6.61 Å². The third-order valence-corrected chi connectivity index (χ3v) is 3.13. The summed E-state index contributed by atoms with van der Waals surface area (Å²) < 4.78 is 5.34. The number of hydrogen-bond acceptors (Lipinski definition) is 4. The van der Waals surface area contributed by atoms with Crippen LogP contribution in [0, 0.1) is 11.3 Å². The molecule has 2 N–H and O–H groups in total. The van der Waals surface area contributed by atoms with E-state index in [1.165, 1.54) is 0 Å². The SMILES string of the molecule is CCNC(=O)COc1ccc(NC(=O)c2ccc(C#N)cc2)cc1. The third kappa shape index (κ3) is 4.85. The first kappa shape index (κ1) is 17.0. The maximum atomic E-state index is 12.1. The van der Waals surface area contributed by atoms with Crippen molar-refractivity contribution >= 4 is 17.5 Å². The quantitative estimate of drug-likeness (QED) is 0.853. The van der Waals surface area contributed by atoms with Crippen LogP contribution in [0.5, 0.6) is 5.75 Å². The number of carbonyl (C=O) groups is 2. The Labute approximate surface area is 140 Å². The van der Waals surface area contributed by atoms with Crippen molar-refractivity contribution in [3.63, 3.8) is 0 Å². The van der Waals surface area contributed by atoms with Crippen LogP contribution in [-0.2, 0) is 4.79 Å². The van der Waals surface area contributed by atoms with Crippen LogP contribution >= 0.6 is 0 Å². The van der Waals surface area contributed by atoms with Crippen molar-refractivity contribution in [2.24, 2.45) is 0 Å². The number of ether oxygens (including phenoxy) is 1. The lowest BCUT2D eigenvalue weighted by Crippen LogP contribution is -2.28. The molecule has 0 saturated carbocycles. The van der Waals surface area contributed by atoms with Crippen LogP contribution < -0.4 is 15.4 Å². The Morgan fingerprint density at radius 3 is 2.33 bits per heavy atom. The Morgan fingerprint density at radius 1 is 1.08 bits per heavy atom. The van der Waals surface area contributed by atoms with E-state index in [2.05, 4.69) is 10.6 Å². The van der Waals surface area contributed by atoms with Gasteiger partial charge in [0.2, 0.25) is 0 Å². The average Bonchev–Trinajstić information content (AvgIpc) is 2.61. The summed E-state index contributed by atoms with van der Waals surface area (Å²) in [5, 5.41) is 14.1. The molecule has 0 heterocycles. The molecular weight excluding hydrogens is 306 g/mol. The largest absolute Gasteiger partial charge is 0.484 e. The number of nitriles is 1. The second-order valence-electron chi connectivity index (χ2n) is 4.91. The fraction of sp³-hybridized carbons (Fsp3) is 0.167. The minimum absolute atomic E-state index is 0.0508. The summed E-state index contributed by atoms with van der Waals surface area (Å²) in [6.45, 7) is 2.34. The van der Waals surface area contributed by atoms with Gasteiger partial charge in [0, 0.05) is 17.8 Å². The molecule has 2 aromatic rings. The highest BCUT2D eigenvalue weighted by molar-refractivity contribution is 6.04. The zero-order valence-electron chi connectivity index (χ0n) is 13.2. The number of anilines is 1. The molecule has 2 amide bonds. The van der Waals surface area contributed by atoms with Crippen molar-refractivity contribution in [2.45, 2.75) is 6.92 Å². The Kier molecular flexibility index (Phi) is 5.92. The van der Waals surface area contributed by atoms with Crippen LogP contribution in [0.25, 0.3) is 0 Å². The molecule has 24 heavy (non-hydrogen) atoms. The van der Waals surface area contributed by atoms with Gasteiger partial charge in [0.05, 0.1) is 11.6 Å². The van der Waals surface area contributed by atoms with Crippen LogP contribution in [0.4, 0.5) is 5.69 Å². The van der Waals surface area contributed by atoms with E-state index < -0.39 is 0 Å². The smallest absolute Gasteiger partial charge is 0.257 e. The first-order valence-electron chi connectivity index (χ1n) is 7.43. The Hall–Kier alpha value is -3.33. The summed E-state index contributed by atoms with van der Waals surface area (Å²) in [5.74, 6) is 0.0869. The fourth-order valence-corrected chi connectivity index (χ4v) is 1.93. The van der Waals surface area contributed by atoms with Gasteiger partial charge in [-0.2, -0.15) is 5.26 Å². The lowest BCUT2D eigenvalue weighted by Gasteiger charge is -2.08. The fourth-order valence-electron chi connectivity index (χ4n) is 1.93. The van der Waals surface area contributed by atoms with E-state index in [1.807, 2.05) is 13.0 Å². The number of likely N-dealkylation sites (N-methyl/N-ethyl adjacent to an activating group) is 1. The molecule has 0 bridgehead atoms. The molecule has 6 heteroatoms. The first-order chi connectivity index (χ1) is 11.6. The predicted molar refractivity (Wildman–Crippen MR) is 89.7 cm³/mol. The molecule has 2 aromatic carbocycles. The summed E-state index contributed by atoms with van der Waals surface area (Å²) in [4.78, 5) is 23.4. The number of nitrogens with one attached hydrogen (secondary N) is 2. The van der Waals surface area contributed by atoms with Crippen molar-refractivity contribution in [1.29, 1.82) is 5.26 Å². The molecule has 0 fully saturated rings. The standard InChI is InChI=1S/C18H17N3O3/c1-2-20-17(22)12-24-16-9-7-15(8-10-16)21-18(23)14-5-3-13(11-19)4-6-14/h3-10H,2,12H2,1H3,(H,20,22)(H,21,23). The Morgan fingerprint density at radius 2 is 1.75 bits per heavy atom. The summed E-state index contributed by atoms with van der Waals surface area (Å²) in [5.41, 5.74) is 1.57. The minimum atomic E-state index is -0.268. The molecule has 0 radical (unpaired) electrons. The zero-order valence-corrected chi connectivity index (χ0v) is 13.2. The average molecular weight is 323 g/mol. The number of amides is 2. The van der Waals surface area contributed by atoms with Gasteiger partial charge in [-0.15, -0.1) is 0 Å². The highest BCUT2D eigenvalue weighted by Crippen LogP contribution is 2.16. The number of nitrogens with zero attached hydrogens (tertiary/aromatic N) is 1. The molecular formula is C18H17N3O3. The van der Waals surface area contributed by atoms with Crippen molar-refractivity contribution in [3.8, 4) is 11.8 Å². The molecule has 0 aliphatic heterocycles. The molecule has 0 saturated heterocycles. The summed E-state index contributed by atoms with van der Waals surface area (Å²) in [6, 6.07) is 15.1. The van der Waals surface area contributed by atoms with E-state index >= 15 is 0 Å². The van der Waals surface area contributed by atoms with Gasteiger partial charge in [-0.1, -0.05) is 0 Å². The molecule has 0 aromatic heterocycles. The maximum Gasteiger partial charge on any atom is 0.257 e. The van der Waals surface area contributed by atoms with E-state index in [9.17, 15) is 9.59 Å². The van der Waals surface area contributed by atoms with Crippen LogP contribution in [0.2, 0.25) is 0 Å². The van der Waals surface area contributed by atoms with Gasteiger partial charge in [-0.25, -0.2) is 0 Å². The minimum Gasteiger partial charge on any atom is -0.484 e. The number of hydrogen-bond donors (Lipinski definition) is 2. The topological polar surface area (TPSA) is 91.2 Å². The molecule has 0 aliphatic carbocycles. The van der Waals surface area contributed by atoms with Crippen LogP contribution in [0.3, 0.4) is 0 Å². The number of carbonyl (C=O) groups excluding carboxylic acids is 2. The molecule has 0 unspecified atom stereocenters. The Bertz CT molecular complexity index is 747. The van der Waals surface area contributed by atoms with Crippen molar-refractivity contribution in [1.82, 2.24) is 5.32 Å². The monoisotopic (exact) mass is 323 g/mol. The molecule has 6 nitrogen and oxygen atoms in total. The zero-order chi connectivity index (χ0) is 17.4. The second kappa shape index (κ2) is 8.34. The van der Waals surface area contributed by atoms with E-state index in [0.29, 0.717) is 29.1 Å². The summed E-state index contributed by atoms with van der Waals surface area (Å²) in [7, 11) is 0. The summed E-state index contributed by atoms with van der Waals surface area (Å²) >= 11 is 0. The van der Waals surface area contributed by atoms with Gasteiger partial charge in [0.25, 0.3) is 11.8 Å². The molecule has 0 spiro atoms. The van der Waals surface area contributed by atoms with Gasteiger partial charge in [-0.05, 0) is 55.5 Å². The highest BCUT2D eigenvalue weighted by atomic mass is 16.5. The van der Waals surface area contributed by atoms with Gasteiger partial charge in [-0.3, -0.25) is 9.59 Å². The number of benzene rings is 2. The lowest BCUT2D eigenvalue weighted by atomic mass is 10.1. The number of rotatable bonds is 6. The normalized spacial score (nSPS) is 9.67. The van der Waals surface area contributed by atoms with Gasteiger partial charge in [0.1, 0.15) is 5.75 Å². The van der Waals surface area contributed by atoms with Crippen molar-refractivity contribution in [3.05, 3.63) is 59.7 Å². The van der Waals surface area contributed by atoms with E-state index in [1.54, 1.807) is 48.5 Å². The third-order valence-electron chi connectivity index (χ3n) is 3.13. The van der Waals surface area contributed by atoms with E-state index in [4.69, 9.17) is 10.00 Å². The first-order valence-corrected chi connectivity index (χ1v) is 7.43. The molecule has 122 valence electrons. The van der Waals surface area contributed by atoms with Crippen molar-refractivity contribution in [2.75, 3.05) is 18.5 Å². The molecule has 2 rings (SSSR count). The van der Waals surface area contributed by atoms with E-state index in [-0.39, 0.29) is 18.4 Å². The predicted octanol–water partition coefficient (Wildman–Crippen LogP) is 2.33. The second-order valence-corrected chi connectivity index (χ2v) is 4.91. The van der Waals surface area contributed by atoms with Crippen LogP contribution in [-0.4, -0.2) is 25.0 Å². The maximum absolute atomic E-state index is 12.1. The van der Waals surface area contributed by atoms with Gasteiger partial charge >= 0.3 is 0 Å². The molecule has 0 atom stereocenters. The lowest BCUT2D eigenvalue weighted by molar-refractivity contribution is -0.122. The van der Waals surface area contributed by atoms with E-state index in [0.717, 1.165) is 0 Å². The highest BCUT2D eigenvalue weighted by Gasteiger charge is 2.06. The Balaban J connectivity index is 1.92. The van der Waals surface area contributed by atoms with Crippen LogP contribution in [0.15, 0.2) is 48.5 Å².